The summed E-state index contributed by atoms with van der Waals surface area (Å²) in [7, 11) is 0. The van der Waals surface area contributed by atoms with Gasteiger partial charge in [-0.25, -0.2) is 0 Å². The molecular formula is C13H14BrN3O2. The third kappa shape index (κ3) is 2.26. The first-order chi connectivity index (χ1) is 9.16. The molecule has 0 bridgehead atoms. The second-order valence-electron chi connectivity index (χ2n) is 4.78. The molecule has 2 atom stereocenters. The molecule has 2 heterocycles. The smallest absolute Gasteiger partial charge is 0.247 e. The SMILES string of the molecule is O=C1NCC2CNCC(=O)N2C1c1ccc(Br)cc1. The molecule has 3 rings (SSSR count). The number of amides is 2. The van der Waals surface area contributed by atoms with Crippen LogP contribution in [0.2, 0.25) is 0 Å². The standard InChI is InChI=1S/C13H14BrN3O2/c14-9-3-1-8(2-4-9)12-13(19)16-6-10-5-15-7-11(18)17(10)12/h1-4,10,12,15H,5-7H2,(H,16,19). The van der Waals surface area contributed by atoms with Gasteiger partial charge >= 0.3 is 0 Å². The van der Waals surface area contributed by atoms with E-state index < -0.39 is 6.04 Å². The van der Waals surface area contributed by atoms with Crippen LogP contribution in [-0.4, -0.2) is 42.4 Å². The highest BCUT2D eigenvalue weighted by atomic mass is 79.9. The average molecular weight is 324 g/mol. The summed E-state index contributed by atoms with van der Waals surface area (Å²) in [5, 5.41) is 5.96. The fraction of sp³-hybridized carbons (Fsp3) is 0.385. The molecule has 6 heteroatoms. The molecule has 1 aromatic carbocycles. The van der Waals surface area contributed by atoms with E-state index in [1.165, 1.54) is 0 Å². The van der Waals surface area contributed by atoms with Crippen molar-refractivity contribution in [3.8, 4) is 0 Å². The molecule has 2 N–H and O–H groups in total. The van der Waals surface area contributed by atoms with Gasteiger partial charge in [0.1, 0.15) is 6.04 Å². The van der Waals surface area contributed by atoms with Gasteiger partial charge in [-0.2, -0.15) is 0 Å². The van der Waals surface area contributed by atoms with Gasteiger partial charge in [0.15, 0.2) is 0 Å². The molecule has 0 saturated carbocycles. The van der Waals surface area contributed by atoms with Crippen molar-refractivity contribution in [3.05, 3.63) is 34.3 Å². The van der Waals surface area contributed by atoms with Crippen molar-refractivity contribution in [1.82, 2.24) is 15.5 Å². The van der Waals surface area contributed by atoms with Crippen molar-refractivity contribution in [2.24, 2.45) is 0 Å². The normalized spacial score (nSPS) is 26.9. The van der Waals surface area contributed by atoms with Crippen molar-refractivity contribution < 1.29 is 9.59 Å². The van der Waals surface area contributed by atoms with E-state index >= 15 is 0 Å². The summed E-state index contributed by atoms with van der Waals surface area (Å²) in [6, 6.07) is 7.06. The summed E-state index contributed by atoms with van der Waals surface area (Å²) < 4.78 is 0.954. The van der Waals surface area contributed by atoms with Gasteiger partial charge in [-0.3, -0.25) is 9.59 Å². The van der Waals surface area contributed by atoms with Crippen LogP contribution in [0.1, 0.15) is 11.6 Å². The number of carbonyl (C=O) groups excluding carboxylic acids is 2. The molecule has 2 aliphatic heterocycles. The zero-order valence-corrected chi connectivity index (χ0v) is 11.8. The fourth-order valence-corrected chi connectivity index (χ4v) is 2.93. The molecule has 0 spiro atoms. The van der Waals surface area contributed by atoms with Crippen LogP contribution < -0.4 is 10.6 Å². The highest BCUT2D eigenvalue weighted by molar-refractivity contribution is 9.10. The van der Waals surface area contributed by atoms with Crippen molar-refractivity contribution in [1.29, 1.82) is 0 Å². The maximum absolute atomic E-state index is 12.1. The number of piperazine rings is 2. The predicted molar refractivity (Wildman–Crippen MR) is 73.4 cm³/mol. The molecule has 2 aliphatic rings. The van der Waals surface area contributed by atoms with Gasteiger partial charge in [0.05, 0.1) is 12.6 Å². The van der Waals surface area contributed by atoms with Gasteiger partial charge in [-0.05, 0) is 17.7 Å². The van der Waals surface area contributed by atoms with Crippen LogP contribution in [0.25, 0.3) is 0 Å². The van der Waals surface area contributed by atoms with Crippen LogP contribution >= 0.6 is 15.9 Å². The zero-order valence-electron chi connectivity index (χ0n) is 10.2. The van der Waals surface area contributed by atoms with E-state index in [0.717, 1.165) is 16.6 Å². The van der Waals surface area contributed by atoms with E-state index in [0.29, 0.717) is 13.1 Å². The average Bonchev–Trinajstić information content (AvgIpc) is 2.41. The van der Waals surface area contributed by atoms with E-state index in [9.17, 15) is 9.59 Å². The van der Waals surface area contributed by atoms with E-state index in [1.54, 1.807) is 4.90 Å². The maximum Gasteiger partial charge on any atom is 0.247 e. The van der Waals surface area contributed by atoms with Gasteiger partial charge in [0.2, 0.25) is 11.8 Å². The second kappa shape index (κ2) is 4.94. The van der Waals surface area contributed by atoms with Crippen LogP contribution in [0.3, 0.4) is 0 Å². The molecule has 100 valence electrons. The summed E-state index contributed by atoms with van der Waals surface area (Å²) in [6.45, 7) is 1.54. The number of nitrogens with one attached hydrogen (secondary N) is 2. The Bertz CT molecular complexity index is 517. The number of carbonyl (C=O) groups is 2. The van der Waals surface area contributed by atoms with Crippen molar-refractivity contribution in [2.45, 2.75) is 12.1 Å². The van der Waals surface area contributed by atoms with Gasteiger partial charge in [0, 0.05) is 17.6 Å². The highest BCUT2D eigenvalue weighted by Gasteiger charge is 2.41. The van der Waals surface area contributed by atoms with Gasteiger partial charge in [-0.1, -0.05) is 28.1 Å². The first-order valence-corrected chi connectivity index (χ1v) is 7.01. The van der Waals surface area contributed by atoms with Gasteiger partial charge in [0.25, 0.3) is 0 Å². The lowest BCUT2D eigenvalue weighted by Gasteiger charge is -2.44. The zero-order chi connectivity index (χ0) is 13.4. The lowest BCUT2D eigenvalue weighted by molar-refractivity contribution is -0.148. The minimum absolute atomic E-state index is 0.0148. The molecule has 2 fully saturated rings. The molecule has 1 aromatic rings. The third-order valence-corrected chi connectivity index (χ3v) is 4.09. The molecule has 5 nitrogen and oxygen atoms in total. The highest BCUT2D eigenvalue weighted by Crippen LogP contribution is 2.28. The Labute approximate surface area is 119 Å². The molecule has 0 radical (unpaired) electrons. The largest absolute Gasteiger partial charge is 0.352 e. The summed E-state index contributed by atoms with van der Waals surface area (Å²) in [6.07, 6.45) is 0. The number of halogens is 1. The molecule has 2 saturated heterocycles. The van der Waals surface area contributed by atoms with Crippen LogP contribution in [0.4, 0.5) is 0 Å². The van der Waals surface area contributed by atoms with Crippen molar-refractivity contribution in [2.75, 3.05) is 19.6 Å². The lowest BCUT2D eigenvalue weighted by Crippen LogP contribution is -2.65. The summed E-state index contributed by atoms with van der Waals surface area (Å²) >= 11 is 3.37. The topological polar surface area (TPSA) is 61.4 Å². The van der Waals surface area contributed by atoms with Crippen LogP contribution in [0, 0.1) is 0 Å². The molecule has 19 heavy (non-hydrogen) atoms. The summed E-state index contributed by atoms with van der Waals surface area (Å²) in [5.41, 5.74) is 0.848. The van der Waals surface area contributed by atoms with Crippen molar-refractivity contribution >= 4 is 27.7 Å². The number of rotatable bonds is 1. The van der Waals surface area contributed by atoms with E-state index in [-0.39, 0.29) is 17.9 Å². The minimum Gasteiger partial charge on any atom is -0.352 e. The van der Waals surface area contributed by atoms with Crippen molar-refractivity contribution in [3.63, 3.8) is 0 Å². The van der Waals surface area contributed by atoms with Crippen LogP contribution in [-0.2, 0) is 9.59 Å². The Kier molecular flexibility index (Phi) is 3.28. The summed E-state index contributed by atoms with van der Waals surface area (Å²) in [4.78, 5) is 26.0. The lowest BCUT2D eigenvalue weighted by atomic mass is 9.97. The van der Waals surface area contributed by atoms with E-state index in [2.05, 4.69) is 26.6 Å². The predicted octanol–water partition coefficient (Wildman–Crippen LogP) is 0.420. The molecule has 2 amide bonds. The second-order valence-corrected chi connectivity index (χ2v) is 5.70. The summed E-state index contributed by atoms with van der Waals surface area (Å²) in [5.74, 6) is -0.118. The third-order valence-electron chi connectivity index (χ3n) is 3.56. The Morgan fingerprint density at radius 3 is 2.63 bits per heavy atom. The molecular weight excluding hydrogens is 310 g/mol. The molecule has 2 unspecified atom stereocenters. The Morgan fingerprint density at radius 1 is 1.16 bits per heavy atom. The van der Waals surface area contributed by atoms with Crippen LogP contribution in [0.5, 0.6) is 0 Å². The number of nitrogens with zero attached hydrogens (tertiary/aromatic N) is 1. The Hall–Kier alpha value is -1.40. The molecule has 0 aromatic heterocycles. The van der Waals surface area contributed by atoms with Gasteiger partial charge in [-0.15, -0.1) is 0 Å². The first kappa shape index (κ1) is 12.6. The minimum atomic E-state index is -0.513. The Balaban J connectivity index is 1.97. The van der Waals surface area contributed by atoms with Crippen LogP contribution in [0.15, 0.2) is 28.7 Å². The maximum atomic E-state index is 12.1. The van der Waals surface area contributed by atoms with E-state index in [1.807, 2.05) is 24.3 Å². The number of fused-ring (bicyclic) bond motifs is 1. The quantitative estimate of drug-likeness (QED) is 0.787. The monoisotopic (exact) mass is 323 g/mol. The Morgan fingerprint density at radius 2 is 1.89 bits per heavy atom. The number of hydrogen-bond donors (Lipinski definition) is 2. The fourth-order valence-electron chi connectivity index (χ4n) is 2.66. The number of benzene rings is 1. The van der Waals surface area contributed by atoms with Gasteiger partial charge < -0.3 is 15.5 Å². The first-order valence-electron chi connectivity index (χ1n) is 6.22. The number of hydrogen-bond acceptors (Lipinski definition) is 3. The molecule has 0 aliphatic carbocycles. The van der Waals surface area contributed by atoms with E-state index in [4.69, 9.17) is 0 Å².